The number of carbonyl (C=O) groups excluding carboxylic acids is 1. The molecule has 5 rings (SSSR count). The average Bonchev–Trinajstić information content (AvgIpc) is 3.12. The van der Waals surface area contributed by atoms with Gasteiger partial charge in [-0.2, -0.15) is 0 Å². The summed E-state index contributed by atoms with van der Waals surface area (Å²) in [4.78, 5) is 27.5. The number of hydrogen-bond acceptors (Lipinski definition) is 4. The second-order valence-electron chi connectivity index (χ2n) is 8.33. The van der Waals surface area contributed by atoms with E-state index >= 15 is 0 Å². The molecule has 3 aliphatic rings. The summed E-state index contributed by atoms with van der Waals surface area (Å²) in [7, 11) is 0. The van der Waals surface area contributed by atoms with Gasteiger partial charge in [-0.25, -0.2) is 4.98 Å². The molecule has 0 bridgehead atoms. The highest BCUT2D eigenvalue weighted by atomic mass is 16.2. The summed E-state index contributed by atoms with van der Waals surface area (Å²) >= 11 is 0. The van der Waals surface area contributed by atoms with Crippen molar-refractivity contribution in [3.05, 3.63) is 30.1 Å². The molecule has 1 amide bonds. The van der Waals surface area contributed by atoms with Gasteiger partial charge >= 0.3 is 0 Å². The molecular weight excluding hydrogens is 338 g/mol. The summed E-state index contributed by atoms with van der Waals surface area (Å²) in [5.74, 6) is 0.131. The standard InChI is InChI=1S/C21H29N5O/c27-21(19-13-23-20-18(19)7-4-8-22-20)26-14-17(15-26)25-11-9-24(10-12-25)16-5-2-1-3-6-16/h4,7-8,13,16-17H,1-3,5-6,9-12,14-15H2,(H,22,23). The van der Waals surface area contributed by atoms with Gasteiger partial charge in [0.05, 0.1) is 5.56 Å². The Balaban J connectivity index is 1.14. The number of aromatic nitrogens is 2. The van der Waals surface area contributed by atoms with Gasteiger partial charge < -0.3 is 9.88 Å². The molecule has 0 radical (unpaired) electrons. The molecule has 3 fully saturated rings. The van der Waals surface area contributed by atoms with Crippen LogP contribution in [0.5, 0.6) is 0 Å². The van der Waals surface area contributed by atoms with E-state index in [1.54, 1.807) is 12.4 Å². The molecule has 1 saturated carbocycles. The molecule has 6 heteroatoms. The first kappa shape index (κ1) is 17.2. The predicted octanol–water partition coefficient (Wildman–Crippen LogP) is 2.34. The summed E-state index contributed by atoms with van der Waals surface area (Å²) in [5.41, 5.74) is 1.54. The molecule has 6 nitrogen and oxygen atoms in total. The van der Waals surface area contributed by atoms with Gasteiger partial charge in [0.1, 0.15) is 5.65 Å². The van der Waals surface area contributed by atoms with Crippen LogP contribution in [0.2, 0.25) is 0 Å². The number of fused-ring (bicyclic) bond motifs is 1. The van der Waals surface area contributed by atoms with E-state index in [-0.39, 0.29) is 5.91 Å². The number of piperazine rings is 1. The Labute approximate surface area is 160 Å². The maximum atomic E-state index is 12.8. The molecule has 2 aromatic rings. The Bertz CT molecular complexity index is 798. The average molecular weight is 367 g/mol. The summed E-state index contributed by atoms with van der Waals surface area (Å²) in [6.45, 7) is 6.41. The maximum absolute atomic E-state index is 12.8. The highest BCUT2D eigenvalue weighted by molar-refractivity contribution is 6.06. The van der Waals surface area contributed by atoms with E-state index in [9.17, 15) is 4.79 Å². The Morgan fingerprint density at radius 2 is 1.70 bits per heavy atom. The SMILES string of the molecule is O=C(c1c[nH]c2ncccc12)N1CC(N2CCN(C3CCCCC3)CC2)C1. The van der Waals surface area contributed by atoms with Gasteiger partial charge in [-0.3, -0.25) is 14.6 Å². The fourth-order valence-corrected chi connectivity index (χ4v) is 5.07. The van der Waals surface area contributed by atoms with Crippen molar-refractivity contribution in [3.8, 4) is 0 Å². The largest absolute Gasteiger partial charge is 0.345 e. The zero-order valence-corrected chi connectivity index (χ0v) is 15.9. The lowest BCUT2D eigenvalue weighted by Crippen LogP contribution is -2.64. The van der Waals surface area contributed by atoms with Gasteiger partial charge in [0.15, 0.2) is 0 Å². The first-order valence-corrected chi connectivity index (χ1v) is 10.5. The van der Waals surface area contributed by atoms with Crippen molar-refractivity contribution in [2.24, 2.45) is 0 Å². The van der Waals surface area contributed by atoms with Crippen LogP contribution in [0.25, 0.3) is 11.0 Å². The highest BCUT2D eigenvalue weighted by Gasteiger charge is 2.37. The summed E-state index contributed by atoms with van der Waals surface area (Å²) in [6.07, 6.45) is 10.6. The van der Waals surface area contributed by atoms with Crippen molar-refractivity contribution in [1.82, 2.24) is 24.7 Å². The second kappa shape index (κ2) is 7.24. The van der Waals surface area contributed by atoms with E-state index in [0.717, 1.165) is 48.8 Å². The van der Waals surface area contributed by atoms with Gasteiger partial charge in [0, 0.05) is 69.1 Å². The van der Waals surface area contributed by atoms with Gasteiger partial charge in [-0.15, -0.1) is 0 Å². The third-order valence-corrected chi connectivity index (χ3v) is 6.79. The van der Waals surface area contributed by atoms with Crippen LogP contribution in [0.3, 0.4) is 0 Å². The van der Waals surface area contributed by atoms with Gasteiger partial charge in [0.2, 0.25) is 0 Å². The lowest BCUT2D eigenvalue weighted by Gasteiger charge is -2.49. The van der Waals surface area contributed by atoms with E-state index in [2.05, 4.69) is 19.8 Å². The third kappa shape index (κ3) is 3.25. The number of amides is 1. The van der Waals surface area contributed by atoms with Gasteiger partial charge in [0.25, 0.3) is 5.91 Å². The number of rotatable bonds is 3. The Hall–Kier alpha value is -1.92. The zero-order valence-electron chi connectivity index (χ0n) is 15.9. The van der Waals surface area contributed by atoms with Gasteiger partial charge in [-0.1, -0.05) is 19.3 Å². The summed E-state index contributed by atoms with van der Waals surface area (Å²) < 4.78 is 0. The van der Waals surface area contributed by atoms with Crippen LogP contribution in [0.4, 0.5) is 0 Å². The van der Waals surface area contributed by atoms with E-state index in [1.165, 1.54) is 45.2 Å². The normalized spacial score (nSPS) is 23.6. The molecule has 4 heterocycles. The van der Waals surface area contributed by atoms with Crippen molar-refractivity contribution < 1.29 is 4.79 Å². The van der Waals surface area contributed by atoms with Crippen LogP contribution >= 0.6 is 0 Å². The number of H-pyrrole nitrogens is 1. The second-order valence-corrected chi connectivity index (χ2v) is 8.33. The van der Waals surface area contributed by atoms with Crippen LogP contribution in [0.1, 0.15) is 42.5 Å². The molecule has 144 valence electrons. The molecule has 1 aliphatic carbocycles. The molecular formula is C21H29N5O. The zero-order chi connectivity index (χ0) is 18.2. The van der Waals surface area contributed by atoms with Crippen LogP contribution < -0.4 is 0 Å². The molecule has 0 unspecified atom stereocenters. The first-order chi connectivity index (χ1) is 13.3. The van der Waals surface area contributed by atoms with Crippen LogP contribution in [0.15, 0.2) is 24.5 Å². The highest BCUT2D eigenvalue weighted by Crippen LogP contribution is 2.26. The number of pyridine rings is 1. The Morgan fingerprint density at radius 3 is 2.44 bits per heavy atom. The smallest absolute Gasteiger partial charge is 0.256 e. The fraction of sp³-hybridized carbons (Fsp3) is 0.619. The minimum atomic E-state index is 0.131. The van der Waals surface area contributed by atoms with Crippen LogP contribution in [-0.2, 0) is 0 Å². The van der Waals surface area contributed by atoms with Crippen molar-refractivity contribution in [2.75, 3.05) is 39.3 Å². The lowest BCUT2D eigenvalue weighted by molar-refractivity contribution is -0.00254. The van der Waals surface area contributed by atoms with E-state index in [0.29, 0.717) is 6.04 Å². The van der Waals surface area contributed by atoms with Crippen LogP contribution in [0, 0.1) is 0 Å². The van der Waals surface area contributed by atoms with E-state index in [1.807, 2.05) is 17.0 Å². The van der Waals surface area contributed by atoms with Gasteiger partial charge in [-0.05, 0) is 25.0 Å². The number of nitrogens with zero attached hydrogens (tertiary/aromatic N) is 4. The number of nitrogens with one attached hydrogen (secondary N) is 1. The molecule has 2 saturated heterocycles. The van der Waals surface area contributed by atoms with Crippen molar-refractivity contribution >= 4 is 16.9 Å². The quantitative estimate of drug-likeness (QED) is 0.905. The molecule has 0 aromatic carbocycles. The summed E-state index contributed by atoms with van der Waals surface area (Å²) in [6, 6.07) is 5.22. The van der Waals surface area contributed by atoms with Crippen LogP contribution in [-0.4, -0.2) is 81.9 Å². The Kier molecular flexibility index (Phi) is 4.61. The maximum Gasteiger partial charge on any atom is 0.256 e. The molecule has 1 N–H and O–H groups in total. The minimum absolute atomic E-state index is 0.131. The molecule has 0 spiro atoms. The number of hydrogen-bond donors (Lipinski definition) is 1. The molecule has 2 aromatic heterocycles. The van der Waals surface area contributed by atoms with Crippen molar-refractivity contribution in [1.29, 1.82) is 0 Å². The first-order valence-electron chi connectivity index (χ1n) is 10.5. The number of carbonyl (C=O) groups is 1. The summed E-state index contributed by atoms with van der Waals surface area (Å²) in [5, 5.41) is 0.923. The van der Waals surface area contributed by atoms with Crippen molar-refractivity contribution in [3.63, 3.8) is 0 Å². The van der Waals surface area contributed by atoms with E-state index in [4.69, 9.17) is 0 Å². The number of likely N-dealkylation sites (tertiary alicyclic amines) is 1. The third-order valence-electron chi connectivity index (χ3n) is 6.79. The monoisotopic (exact) mass is 367 g/mol. The Morgan fingerprint density at radius 1 is 1.00 bits per heavy atom. The van der Waals surface area contributed by atoms with E-state index < -0.39 is 0 Å². The number of aromatic amines is 1. The predicted molar refractivity (Wildman–Crippen MR) is 106 cm³/mol. The molecule has 2 aliphatic heterocycles. The van der Waals surface area contributed by atoms with Crippen molar-refractivity contribution in [2.45, 2.75) is 44.2 Å². The topological polar surface area (TPSA) is 55.5 Å². The fourth-order valence-electron chi connectivity index (χ4n) is 5.07. The lowest BCUT2D eigenvalue weighted by atomic mass is 9.93. The molecule has 0 atom stereocenters. The molecule has 27 heavy (non-hydrogen) atoms. The minimum Gasteiger partial charge on any atom is -0.345 e.